The Morgan fingerprint density at radius 1 is 1.36 bits per heavy atom. The van der Waals surface area contributed by atoms with Gasteiger partial charge in [0, 0.05) is 12.6 Å². The highest BCUT2D eigenvalue weighted by molar-refractivity contribution is 4.80. The molecule has 0 aliphatic heterocycles. The Morgan fingerprint density at radius 3 is 2.57 bits per heavy atom. The molecule has 0 saturated heterocycles. The number of rotatable bonds is 5. The highest BCUT2D eigenvalue weighted by atomic mass is 16.3. The molecule has 0 radical (unpaired) electrons. The quantitative estimate of drug-likeness (QED) is 0.711. The van der Waals surface area contributed by atoms with Crippen LogP contribution in [-0.4, -0.2) is 23.8 Å². The second kappa shape index (κ2) is 5.72. The van der Waals surface area contributed by atoms with E-state index in [0.717, 1.165) is 18.9 Å². The van der Waals surface area contributed by atoms with Crippen LogP contribution < -0.4 is 5.32 Å². The van der Waals surface area contributed by atoms with Gasteiger partial charge >= 0.3 is 0 Å². The third-order valence-corrected chi connectivity index (χ3v) is 3.82. The molecule has 4 atom stereocenters. The van der Waals surface area contributed by atoms with Crippen LogP contribution in [0.15, 0.2) is 0 Å². The molecule has 0 aromatic heterocycles. The zero-order chi connectivity index (χ0) is 10.6. The topological polar surface area (TPSA) is 32.3 Å². The third-order valence-electron chi connectivity index (χ3n) is 3.82. The average Bonchev–Trinajstić information content (AvgIpc) is 2.59. The van der Waals surface area contributed by atoms with Crippen molar-refractivity contribution >= 4 is 0 Å². The minimum atomic E-state index is -0.0494. The summed E-state index contributed by atoms with van der Waals surface area (Å²) in [5.41, 5.74) is 0. The summed E-state index contributed by atoms with van der Waals surface area (Å²) in [6, 6.07) is 0.577. The van der Waals surface area contributed by atoms with E-state index in [9.17, 15) is 5.11 Å². The standard InChI is InChI=1S/C12H25NO/c1-4-9(2)10(3)13-8-11-6-5-7-12(11)14/h9-14H,4-8H2,1-3H3. The SMILES string of the molecule is CCC(C)C(C)NCC1CCCC1O. The fourth-order valence-corrected chi connectivity index (χ4v) is 2.15. The first kappa shape index (κ1) is 12.0. The van der Waals surface area contributed by atoms with E-state index in [1.807, 2.05) is 0 Å². The Labute approximate surface area is 88.1 Å². The molecule has 1 saturated carbocycles. The lowest BCUT2D eigenvalue weighted by Crippen LogP contribution is -2.37. The van der Waals surface area contributed by atoms with E-state index in [1.165, 1.54) is 19.3 Å². The summed E-state index contributed by atoms with van der Waals surface area (Å²) in [4.78, 5) is 0. The summed E-state index contributed by atoms with van der Waals surface area (Å²) >= 11 is 0. The first-order valence-electron chi connectivity index (χ1n) is 6.06. The molecule has 1 aliphatic rings. The summed E-state index contributed by atoms with van der Waals surface area (Å²) in [6.45, 7) is 7.75. The smallest absolute Gasteiger partial charge is 0.0580 e. The van der Waals surface area contributed by atoms with Crippen molar-refractivity contribution in [3.8, 4) is 0 Å². The molecule has 2 nitrogen and oxygen atoms in total. The van der Waals surface area contributed by atoms with Crippen LogP contribution in [0.2, 0.25) is 0 Å². The number of nitrogens with one attached hydrogen (secondary N) is 1. The maximum absolute atomic E-state index is 9.66. The van der Waals surface area contributed by atoms with E-state index in [0.29, 0.717) is 12.0 Å². The van der Waals surface area contributed by atoms with Gasteiger partial charge in [-0.15, -0.1) is 0 Å². The molecular weight excluding hydrogens is 174 g/mol. The van der Waals surface area contributed by atoms with E-state index in [-0.39, 0.29) is 6.10 Å². The van der Waals surface area contributed by atoms with E-state index >= 15 is 0 Å². The van der Waals surface area contributed by atoms with Gasteiger partial charge in [-0.3, -0.25) is 0 Å². The predicted molar refractivity (Wildman–Crippen MR) is 60.3 cm³/mol. The number of aliphatic hydroxyl groups excluding tert-OH is 1. The molecular formula is C12H25NO. The second-order valence-electron chi connectivity index (χ2n) is 4.84. The van der Waals surface area contributed by atoms with Crippen LogP contribution in [0.5, 0.6) is 0 Å². The van der Waals surface area contributed by atoms with Gasteiger partial charge in [-0.25, -0.2) is 0 Å². The molecule has 0 aromatic rings. The number of hydrogen-bond donors (Lipinski definition) is 2. The Balaban J connectivity index is 2.19. The van der Waals surface area contributed by atoms with Crippen molar-refractivity contribution < 1.29 is 5.11 Å². The van der Waals surface area contributed by atoms with Gasteiger partial charge in [0.25, 0.3) is 0 Å². The molecule has 0 spiro atoms. The lowest BCUT2D eigenvalue weighted by atomic mass is 9.99. The number of hydrogen-bond acceptors (Lipinski definition) is 2. The van der Waals surface area contributed by atoms with Crippen LogP contribution in [0.25, 0.3) is 0 Å². The first-order chi connectivity index (χ1) is 6.65. The second-order valence-corrected chi connectivity index (χ2v) is 4.84. The minimum absolute atomic E-state index is 0.0494. The van der Waals surface area contributed by atoms with Crippen LogP contribution in [0.1, 0.15) is 46.5 Å². The molecule has 2 N–H and O–H groups in total. The molecule has 2 heteroatoms. The Hall–Kier alpha value is -0.0800. The molecule has 1 aliphatic carbocycles. The highest BCUT2D eigenvalue weighted by Gasteiger charge is 2.25. The van der Waals surface area contributed by atoms with Gasteiger partial charge in [0.1, 0.15) is 0 Å². The van der Waals surface area contributed by atoms with Gasteiger partial charge in [-0.05, 0) is 31.6 Å². The van der Waals surface area contributed by atoms with Crippen molar-refractivity contribution in [1.82, 2.24) is 5.32 Å². The molecule has 0 amide bonds. The molecule has 0 bridgehead atoms. The van der Waals surface area contributed by atoms with Crippen LogP contribution in [-0.2, 0) is 0 Å². The normalized spacial score (nSPS) is 31.7. The number of aliphatic hydroxyl groups is 1. The average molecular weight is 199 g/mol. The largest absolute Gasteiger partial charge is 0.393 e. The van der Waals surface area contributed by atoms with Gasteiger partial charge in [0.2, 0.25) is 0 Å². The van der Waals surface area contributed by atoms with Crippen LogP contribution in [0, 0.1) is 11.8 Å². The zero-order valence-corrected chi connectivity index (χ0v) is 9.79. The van der Waals surface area contributed by atoms with Gasteiger partial charge in [0.15, 0.2) is 0 Å². The Bertz CT molecular complexity index is 160. The summed E-state index contributed by atoms with van der Waals surface area (Å²) < 4.78 is 0. The van der Waals surface area contributed by atoms with Crippen molar-refractivity contribution in [2.75, 3.05) is 6.54 Å². The summed E-state index contributed by atoms with van der Waals surface area (Å²) in [5, 5.41) is 13.2. The van der Waals surface area contributed by atoms with Crippen molar-refractivity contribution in [3.05, 3.63) is 0 Å². The van der Waals surface area contributed by atoms with Crippen LogP contribution in [0.4, 0.5) is 0 Å². The summed E-state index contributed by atoms with van der Waals surface area (Å²) in [5.74, 6) is 1.23. The lowest BCUT2D eigenvalue weighted by molar-refractivity contribution is 0.128. The van der Waals surface area contributed by atoms with Crippen molar-refractivity contribution in [1.29, 1.82) is 0 Å². The molecule has 1 fully saturated rings. The summed E-state index contributed by atoms with van der Waals surface area (Å²) in [7, 11) is 0. The van der Waals surface area contributed by atoms with Gasteiger partial charge < -0.3 is 10.4 Å². The molecule has 14 heavy (non-hydrogen) atoms. The lowest BCUT2D eigenvalue weighted by Gasteiger charge is -2.23. The van der Waals surface area contributed by atoms with Gasteiger partial charge in [-0.2, -0.15) is 0 Å². The predicted octanol–water partition coefficient (Wildman–Crippen LogP) is 2.17. The molecule has 1 rings (SSSR count). The fraction of sp³-hybridized carbons (Fsp3) is 1.00. The third kappa shape index (κ3) is 3.25. The summed E-state index contributed by atoms with van der Waals surface area (Å²) in [6.07, 6.45) is 4.57. The maximum Gasteiger partial charge on any atom is 0.0580 e. The highest BCUT2D eigenvalue weighted by Crippen LogP contribution is 2.25. The van der Waals surface area contributed by atoms with Crippen molar-refractivity contribution in [2.45, 2.75) is 58.6 Å². The van der Waals surface area contributed by atoms with E-state index < -0.39 is 0 Å². The van der Waals surface area contributed by atoms with Gasteiger partial charge in [0.05, 0.1) is 6.10 Å². The van der Waals surface area contributed by atoms with E-state index in [1.54, 1.807) is 0 Å². The molecule has 84 valence electrons. The Kier molecular flexibility index (Phi) is 4.90. The van der Waals surface area contributed by atoms with E-state index in [4.69, 9.17) is 0 Å². The van der Waals surface area contributed by atoms with Crippen molar-refractivity contribution in [2.24, 2.45) is 11.8 Å². The molecule has 0 aromatic carbocycles. The zero-order valence-electron chi connectivity index (χ0n) is 9.79. The van der Waals surface area contributed by atoms with E-state index in [2.05, 4.69) is 26.1 Å². The maximum atomic E-state index is 9.66. The first-order valence-corrected chi connectivity index (χ1v) is 6.06. The molecule has 0 heterocycles. The monoisotopic (exact) mass is 199 g/mol. The van der Waals surface area contributed by atoms with Gasteiger partial charge in [-0.1, -0.05) is 26.7 Å². The molecule has 4 unspecified atom stereocenters. The van der Waals surface area contributed by atoms with Crippen LogP contribution >= 0.6 is 0 Å². The van der Waals surface area contributed by atoms with Crippen LogP contribution in [0.3, 0.4) is 0 Å². The van der Waals surface area contributed by atoms with Crippen molar-refractivity contribution in [3.63, 3.8) is 0 Å². The minimum Gasteiger partial charge on any atom is -0.393 e. The fourth-order valence-electron chi connectivity index (χ4n) is 2.15. The Morgan fingerprint density at radius 2 is 2.07 bits per heavy atom.